The minimum Gasteiger partial charge on any atom is -0.360 e. The Morgan fingerprint density at radius 1 is 1.32 bits per heavy atom. The third-order valence-corrected chi connectivity index (χ3v) is 5.15. The molecular weight excluding hydrogens is 402 g/mol. The van der Waals surface area contributed by atoms with Gasteiger partial charge in [-0.3, -0.25) is 10.1 Å². The summed E-state index contributed by atoms with van der Waals surface area (Å²) >= 11 is 4.90. The number of benzene rings is 1. The average molecular weight is 420 g/mol. The second kappa shape index (κ2) is 7.49. The van der Waals surface area contributed by atoms with Crippen LogP contribution in [0.5, 0.6) is 0 Å². The largest absolute Gasteiger partial charge is 0.360 e. The number of nitrogens with zero attached hydrogens (tertiary/aromatic N) is 2. The van der Waals surface area contributed by atoms with Crippen LogP contribution in [0.25, 0.3) is 0 Å². The van der Waals surface area contributed by atoms with Crippen molar-refractivity contribution in [2.45, 2.75) is 33.1 Å². The summed E-state index contributed by atoms with van der Waals surface area (Å²) < 4.78 is 6.33. The zero-order chi connectivity index (χ0) is 18.0. The van der Waals surface area contributed by atoms with Crippen molar-refractivity contribution in [1.29, 1.82) is 0 Å². The highest BCUT2D eigenvalue weighted by atomic mass is 79.9. The van der Waals surface area contributed by atoms with E-state index in [1.165, 1.54) is 16.9 Å². The Kier molecular flexibility index (Phi) is 5.34. The summed E-state index contributed by atoms with van der Waals surface area (Å²) in [5.74, 6) is 0.458. The van der Waals surface area contributed by atoms with Gasteiger partial charge in [0.25, 0.3) is 5.91 Å². The molecule has 2 heterocycles. The molecule has 0 saturated heterocycles. The predicted octanol–water partition coefficient (Wildman–Crippen LogP) is 5.17. The molecule has 1 aromatic carbocycles. The molecule has 3 rings (SSSR count). The third kappa shape index (κ3) is 4.16. The molecule has 0 aliphatic heterocycles. The molecule has 0 unspecified atom stereocenters. The Morgan fingerprint density at radius 2 is 2.04 bits per heavy atom. The number of halogens is 1. The zero-order valence-corrected chi connectivity index (χ0v) is 16.6. The van der Waals surface area contributed by atoms with Crippen LogP contribution in [0.1, 0.15) is 52.0 Å². The van der Waals surface area contributed by atoms with E-state index in [0.29, 0.717) is 22.1 Å². The Balaban J connectivity index is 1.72. The van der Waals surface area contributed by atoms with Gasteiger partial charge in [-0.05, 0) is 24.6 Å². The summed E-state index contributed by atoms with van der Waals surface area (Å²) in [6, 6.07) is 8.16. The van der Waals surface area contributed by atoms with Crippen molar-refractivity contribution in [3.63, 3.8) is 0 Å². The van der Waals surface area contributed by atoms with Crippen molar-refractivity contribution in [3.8, 4) is 0 Å². The summed E-state index contributed by atoms with van der Waals surface area (Å²) in [7, 11) is 0. The van der Waals surface area contributed by atoms with E-state index in [1.54, 1.807) is 13.1 Å². The van der Waals surface area contributed by atoms with Gasteiger partial charge in [-0.25, -0.2) is 4.98 Å². The van der Waals surface area contributed by atoms with Crippen molar-refractivity contribution >= 4 is 38.3 Å². The van der Waals surface area contributed by atoms with Gasteiger partial charge < -0.3 is 4.52 Å². The maximum atomic E-state index is 12.6. The summed E-state index contributed by atoms with van der Waals surface area (Å²) in [4.78, 5) is 18.0. The van der Waals surface area contributed by atoms with Crippen molar-refractivity contribution in [3.05, 3.63) is 62.4 Å². The molecule has 3 aromatic rings. The van der Waals surface area contributed by atoms with E-state index in [9.17, 15) is 4.79 Å². The molecule has 130 valence electrons. The van der Waals surface area contributed by atoms with Crippen LogP contribution < -0.4 is 5.32 Å². The normalized spacial score (nSPS) is 11.1. The molecule has 1 amide bonds. The second-order valence-electron chi connectivity index (χ2n) is 6.05. The topological polar surface area (TPSA) is 68.0 Å². The van der Waals surface area contributed by atoms with Gasteiger partial charge >= 0.3 is 0 Å². The van der Waals surface area contributed by atoms with E-state index in [-0.39, 0.29) is 11.8 Å². The first-order chi connectivity index (χ1) is 11.9. The number of hydrogen-bond acceptors (Lipinski definition) is 5. The highest BCUT2D eigenvalue weighted by Crippen LogP contribution is 2.26. The molecule has 0 atom stereocenters. The quantitative estimate of drug-likeness (QED) is 0.619. The minimum absolute atomic E-state index is 0.0891. The Bertz CT molecular complexity index is 884. The molecule has 25 heavy (non-hydrogen) atoms. The molecule has 0 aliphatic rings. The molecule has 7 heteroatoms. The number of nitrogens with one attached hydrogen (secondary N) is 1. The van der Waals surface area contributed by atoms with E-state index >= 15 is 0 Å². The van der Waals surface area contributed by atoms with Crippen molar-refractivity contribution in [1.82, 2.24) is 10.1 Å². The monoisotopic (exact) mass is 419 g/mol. The standard InChI is InChI=1S/C18H18BrN3O2S/c1-10(2)16-15(11(3)22-24-16)17(23)21-18-20-9-14(25-18)8-12-4-6-13(19)7-5-12/h4-7,9-10H,8H2,1-3H3,(H,20,21,23). The van der Waals surface area contributed by atoms with Gasteiger partial charge in [-0.2, -0.15) is 0 Å². The number of carbonyl (C=O) groups is 1. The van der Waals surface area contributed by atoms with Crippen LogP contribution in [0.2, 0.25) is 0 Å². The van der Waals surface area contributed by atoms with Crippen molar-refractivity contribution in [2.24, 2.45) is 0 Å². The fraction of sp³-hybridized carbons (Fsp3) is 0.278. The maximum absolute atomic E-state index is 12.6. The maximum Gasteiger partial charge on any atom is 0.262 e. The lowest BCUT2D eigenvalue weighted by atomic mass is 10.0. The summed E-state index contributed by atoms with van der Waals surface area (Å²) in [6.07, 6.45) is 2.58. The summed E-state index contributed by atoms with van der Waals surface area (Å²) in [5, 5.41) is 7.34. The van der Waals surface area contributed by atoms with Gasteiger partial charge in [0, 0.05) is 27.9 Å². The molecule has 0 saturated carbocycles. The molecule has 0 bridgehead atoms. The number of rotatable bonds is 5. The minimum atomic E-state index is -0.230. The van der Waals surface area contributed by atoms with Gasteiger partial charge in [0.15, 0.2) is 10.9 Å². The third-order valence-electron chi connectivity index (χ3n) is 3.71. The molecule has 0 aliphatic carbocycles. The molecule has 0 radical (unpaired) electrons. The first-order valence-corrected chi connectivity index (χ1v) is 9.51. The van der Waals surface area contributed by atoms with Crippen LogP contribution >= 0.6 is 27.3 Å². The SMILES string of the molecule is Cc1noc(C(C)C)c1C(=O)Nc1ncc(Cc2ccc(Br)cc2)s1. The first-order valence-electron chi connectivity index (χ1n) is 7.90. The Morgan fingerprint density at radius 3 is 2.72 bits per heavy atom. The number of hydrogen-bond donors (Lipinski definition) is 1. The summed E-state index contributed by atoms with van der Waals surface area (Å²) in [5.41, 5.74) is 2.29. The lowest BCUT2D eigenvalue weighted by Crippen LogP contribution is -2.14. The van der Waals surface area contributed by atoms with E-state index in [0.717, 1.165) is 15.8 Å². The van der Waals surface area contributed by atoms with Gasteiger partial charge in [-0.1, -0.05) is 47.1 Å². The molecular formula is C18H18BrN3O2S. The van der Waals surface area contributed by atoms with Crippen molar-refractivity contribution < 1.29 is 9.32 Å². The van der Waals surface area contributed by atoms with Gasteiger partial charge in [0.1, 0.15) is 5.56 Å². The van der Waals surface area contributed by atoms with Crippen LogP contribution in [0.15, 0.2) is 39.5 Å². The second-order valence-corrected chi connectivity index (χ2v) is 8.08. The number of carbonyl (C=O) groups excluding carboxylic acids is 1. The van der Waals surface area contributed by atoms with Crippen LogP contribution in [-0.4, -0.2) is 16.0 Å². The van der Waals surface area contributed by atoms with E-state index in [2.05, 4.69) is 43.5 Å². The number of thiazole rings is 1. The first kappa shape index (κ1) is 17.8. The number of anilines is 1. The molecule has 5 nitrogen and oxygen atoms in total. The molecule has 0 fully saturated rings. The zero-order valence-electron chi connectivity index (χ0n) is 14.2. The van der Waals surface area contributed by atoms with Crippen LogP contribution in [0.3, 0.4) is 0 Å². The average Bonchev–Trinajstić information content (AvgIpc) is 3.16. The predicted molar refractivity (Wildman–Crippen MR) is 102 cm³/mol. The molecule has 1 N–H and O–H groups in total. The van der Waals surface area contributed by atoms with Crippen molar-refractivity contribution in [2.75, 3.05) is 5.32 Å². The Hall–Kier alpha value is -1.99. The van der Waals surface area contributed by atoms with Crippen LogP contribution in [0, 0.1) is 6.92 Å². The summed E-state index contributed by atoms with van der Waals surface area (Å²) in [6.45, 7) is 5.71. The van der Waals surface area contributed by atoms with E-state index in [1.807, 2.05) is 26.0 Å². The van der Waals surface area contributed by atoms with Crippen LogP contribution in [0.4, 0.5) is 5.13 Å². The number of aryl methyl sites for hydroxylation is 1. The van der Waals surface area contributed by atoms with E-state index < -0.39 is 0 Å². The lowest BCUT2D eigenvalue weighted by molar-refractivity contribution is 0.102. The van der Waals surface area contributed by atoms with Gasteiger partial charge in [0.05, 0.1) is 5.69 Å². The Labute approximate surface area is 158 Å². The van der Waals surface area contributed by atoms with Crippen LogP contribution in [-0.2, 0) is 6.42 Å². The van der Waals surface area contributed by atoms with E-state index in [4.69, 9.17) is 4.52 Å². The molecule has 2 aromatic heterocycles. The fourth-order valence-electron chi connectivity index (χ4n) is 2.47. The van der Waals surface area contributed by atoms with Gasteiger partial charge in [-0.15, -0.1) is 11.3 Å². The molecule has 0 spiro atoms. The van der Waals surface area contributed by atoms with Gasteiger partial charge in [0.2, 0.25) is 0 Å². The fourth-order valence-corrected chi connectivity index (χ4v) is 3.57. The number of amides is 1. The highest BCUT2D eigenvalue weighted by Gasteiger charge is 2.23. The lowest BCUT2D eigenvalue weighted by Gasteiger charge is -2.04. The highest BCUT2D eigenvalue weighted by molar-refractivity contribution is 9.10. The smallest absolute Gasteiger partial charge is 0.262 e. The number of aromatic nitrogens is 2.